The molecule has 0 atom stereocenters. The molecule has 3 nitrogen and oxygen atoms in total. The number of piperidine rings is 1. The van der Waals surface area contributed by atoms with Crippen LogP contribution in [-0.4, -0.2) is 37.5 Å². The lowest BCUT2D eigenvalue weighted by Crippen LogP contribution is -2.40. The highest BCUT2D eigenvalue weighted by Crippen LogP contribution is 2.18. The Hall–Kier alpha value is -1.49. The summed E-state index contributed by atoms with van der Waals surface area (Å²) in [6.45, 7) is 2.67. The first-order chi connectivity index (χ1) is 10.6. The number of nitrogens with one attached hydrogen (secondary N) is 1. The summed E-state index contributed by atoms with van der Waals surface area (Å²) < 4.78 is 25.9. The molecular formula is C17H24F2N2O. The van der Waals surface area contributed by atoms with Gasteiger partial charge < -0.3 is 10.2 Å². The molecule has 1 heterocycles. The van der Waals surface area contributed by atoms with E-state index in [2.05, 4.69) is 5.32 Å². The molecule has 1 amide bonds. The van der Waals surface area contributed by atoms with Crippen molar-refractivity contribution < 1.29 is 13.6 Å². The average Bonchev–Trinajstić information content (AvgIpc) is 2.52. The van der Waals surface area contributed by atoms with Gasteiger partial charge in [-0.3, -0.25) is 4.79 Å². The molecule has 5 heteroatoms. The van der Waals surface area contributed by atoms with E-state index in [0.29, 0.717) is 25.2 Å². The number of rotatable bonds is 6. The highest BCUT2D eigenvalue weighted by atomic mass is 19.2. The molecule has 1 saturated heterocycles. The van der Waals surface area contributed by atoms with Crippen molar-refractivity contribution in [1.82, 2.24) is 10.2 Å². The zero-order chi connectivity index (χ0) is 15.9. The Labute approximate surface area is 130 Å². The molecule has 0 saturated carbocycles. The minimum absolute atomic E-state index is 0.172. The second-order valence-electron chi connectivity index (χ2n) is 5.98. The molecule has 0 unspecified atom stereocenters. The lowest BCUT2D eigenvalue weighted by molar-refractivity contribution is -0.132. The Bertz CT molecular complexity index is 499. The fraction of sp³-hybridized carbons (Fsp3) is 0.588. The minimum atomic E-state index is -0.829. The molecule has 2 rings (SSSR count). The van der Waals surface area contributed by atoms with E-state index in [9.17, 15) is 13.6 Å². The third kappa shape index (κ3) is 4.77. The maximum Gasteiger partial charge on any atom is 0.222 e. The second kappa shape index (κ2) is 8.22. The summed E-state index contributed by atoms with van der Waals surface area (Å²) in [6, 6.07) is 3.92. The van der Waals surface area contributed by atoms with Crippen LogP contribution in [0, 0.1) is 17.6 Å². The molecule has 0 aliphatic carbocycles. The molecule has 0 radical (unpaired) electrons. The quantitative estimate of drug-likeness (QED) is 0.876. The molecule has 1 aliphatic heterocycles. The number of halogens is 2. The Kier molecular flexibility index (Phi) is 6.31. The van der Waals surface area contributed by atoms with Gasteiger partial charge in [-0.25, -0.2) is 8.78 Å². The first kappa shape index (κ1) is 16.9. The minimum Gasteiger partial charge on any atom is -0.343 e. The van der Waals surface area contributed by atoms with Crippen LogP contribution in [0.2, 0.25) is 0 Å². The van der Waals surface area contributed by atoms with Crippen LogP contribution in [0.5, 0.6) is 0 Å². The first-order valence-electron chi connectivity index (χ1n) is 7.96. The van der Waals surface area contributed by atoms with Gasteiger partial charge in [0.05, 0.1) is 0 Å². The summed E-state index contributed by atoms with van der Waals surface area (Å²) in [5.74, 6) is -0.818. The summed E-state index contributed by atoms with van der Waals surface area (Å²) in [5.41, 5.74) is 0.736. The topological polar surface area (TPSA) is 32.3 Å². The van der Waals surface area contributed by atoms with Gasteiger partial charge in [0, 0.05) is 19.5 Å². The number of carbonyl (C=O) groups excluding carboxylic acids is 1. The molecule has 1 aromatic carbocycles. The van der Waals surface area contributed by atoms with E-state index < -0.39 is 11.6 Å². The highest BCUT2D eigenvalue weighted by molar-refractivity contribution is 5.76. The largest absolute Gasteiger partial charge is 0.343 e. The molecule has 22 heavy (non-hydrogen) atoms. The number of hydrogen-bond donors (Lipinski definition) is 1. The van der Waals surface area contributed by atoms with Gasteiger partial charge in [-0.2, -0.15) is 0 Å². The lowest BCUT2D eigenvalue weighted by Gasteiger charge is -2.32. The Balaban J connectivity index is 1.71. The van der Waals surface area contributed by atoms with Crippen LogP contribution in [0.25, 0.3) is 0 Å². The van der Waals surface area contributed by atoms with Crippen LogP contribution in [0.15, 0.2) is 18.2 Å². The zero-order valence-corrected chi connectivity index (χ0v) is 13.1. The van der Waals surface area contributed by atoms with E-state index in [4.69, 9.17) is 0 Å². The smallest absolute Gasteiger partial charge is 0.222 e. The summed E-state index contributed by atoms with van der Waals surface area (Å²) in [4.78, 5) is 14.1. The van der Waals surface area contributed by atoms with Crippen LogP contribution < -0.4 is 5.32 Å². The van der Waals surface area contributed by atoms with Gasteiger partial charge in [-0.15, -0.1) is 0 Å². The predicted octanol–water partition coefficient (Wildman–Crippen LogP) is 2.75. The lowest BCUT2D eigenvalue weighted by atomic mass is 9.96. The van der Waals surface area contributed by atoms with Crippen LogP contribution in [0.4, 0.5) is 8.78 Å². The van der Waals surface area contributed by atoms with Crippen molar-refractivity contribution in [2.24, 2.45) is 5.92 Å². The van der Waals surface area contributed by atoms with Crippen LogP contribution in [0.3, 0.4) is 0 Å². The van der Waals surface area contributed by atoms with Crippen molar-refractivity contribution >= 4 is 5.91 Å². The first-order valence-corrected chi connectivity index (χ1v) is 7.96. The molecule has 1 aliphatic rings. The Morgan fingerprint density at radius 2 is 2.00 bits per heavy atom. The third-order valence-electron chi connectivity index (χ3n) is 4.30. The fourth-order valence-electron chi connectivity index (χ4n) is 2.97. The SMILES string of the molecule is CNCC1CCN(C(=O)CCCc2ccc(F)c(F)c2)CC1. The molecule has 0 spiro atoms. The normalized spacial score (nSPS) is 16.0. The number of aryl methyl sites for hydroxylation is 1. The van der Waals surface area contributed by atoms with Gasteiger partial charge in [0.25, 0.3) is 0 Å². The molecule has 1 N–H and O–H groups in total. The summed E-state index contributed by atoms with van der Waals surface area (Å²) in [7, 11) is 1.95. The number of likely N-dealkylation sites (tertiary alicyclic amines) is 1. The monoisotopic (exact) mass is 310 g/mol. The molecule has 122 valence electrons. The highest BCUT2D eigenvalue weighted by Gasteiger charge is 2.21. The number of carbonyl (C=O) groups is 1. The Morgan fingerprint density at radius 1 is 1.27 bits per heavy atom. The van der Waals surface area contributed by atoms with Crippen molar-refractivity contribution in [2.75, 3.05) is 26.7 Å². The predicted molar refractivity (Wildman–Crippen MR) is 82.5 cm³/mol. The van der Waals surface area contributed by atoms with Gasteiger partial charge in [0.15, 0.2) is 11.6 Å². The van der Waals surface area contributed by atoms with E-state index in [1.165, 1.54) is 6.07 Å². The molecule has 0 aromatic heterocycles. The van der Waals surface area contributed by atoms with Gasteiger partial charge in [0.2, 0.25) is 5.91 Å². The van der Waals surface area contributed by atoms with E-state index >= 15 is 0 Å². The van der Waals surface area contributed by atoms with Gasteiger partial charge in [-0.05, 0) is 62.9 Å². The number of benzene rings is 1. The number of nitrogens with zero attached hydrogens (tertiary/aromatic N) is 1. The van der Waals surface area contributed by atoms with E-state index in [-0.39, 0.29) is 5.91 Å². The van der Waals surface area contributed by atoms with Gasteiger partial charge >= 0.3 is 0 Å². The zero-order valence-electron chi connectivity index (χ0n) is 13.1. The van der Waals surface area contributed by atoms with Crippen molar-refractivity contribution in [3.8, 4) is 0 Å². The maximum atomic E-state index is 13.1. The summed E-state index contributed by atoms with van der Waals surface area (Å²) in [6.07, 6.45) is 3.83. The van der Waals surface area contributed by atoms with E-state index in [0.717, 1.165) is 44.1 Å². The molecule has 1 fully saturated rings. The van der Waals surface area contributed by atoms with Crippen molar-refractivity contribution in [3.63, 3.8) is 0 Å². The van der Waals surface area contributed by atoms with Crippen LogP contribution >= 0.6 is 0 Å². The second-order valence-corrected chi connectivity index (χ2v) is 5.98. The van der Waals surface area contributed by atoms with E-state index in [1.54, 1.807) is 6.07 Å². The van der Waals surface area contributed by atoms with Crippen molar-refractivity contribution in [3.05, 3.63) is 35.4 Å². The molecule has 0 bridgehead atoms. The van der Waals surface area contributed by atoms with Crippen LogP contribution in [-0.2, 0) is 11.2 Å². The van der Waals surface area contributed by atoms with Gasteiger partial charge in [-0.1, -0.05) is 6.07 Å². The van der Waals surface area contributed by atoms with E-state index in [1.807, 2.05) is 11.9 Å². The molecule has 1 aromatic rings. The number of hydrogen-bond acceptors (Lipinski definition) is 2. The number of amides is 1. The van der Waals surface area contributed by atoms with Crippen LogP contribution in [0.1, 0.15) is 31.2 Å². The van der Waals surface area contributed by atoms with Crippen molar-refractivity contribution in [1.29, 1.82) is 0 Å². The average molecular weight is 310 g/mol. The summed E-state index contributed by atoms with van der Waals surface area (Å²) in [5, 5.41) is 3.18. The maximum absolute atomic E-state index is 13.1. The Morgan fingerprint density at radius 3 is 2.64 bits per heavy atom. The standard InChI is InChI=1S/C17H24F2N2O/c1-20-12-14-7-9-21(10-8-14)17(22)4-2-3-13-5-6-15(18)16(19)11-13/h5-6,11,14,20H,2-4,7-10,12H2,1H3. The fourth-order valence-corrected chi connectivity index (χ4v) is 2.97. The van der Waals surface area contributed by atoms with Gasteiger partial charge in [0.1, 0.15) is 0 Å². The molecular weight excluding hydrogens is 286 g/mol. The summed E-state index contributed by atoms with van der Waals surface area (Å²) >= 11 is 0. The van der Waals surface area contributed by atoms with Crippen molar-refractivity contribution in [2.45, 2.75) is 32.1 Å². The third-order valence-corrected chi connectivity index (χ3v) is 4.30.